The number of fused-ring (bicyclic) bond motifs is 1. The van der Waals surface area contributed by atoms with Crippen molar-refractivity contribution >= 4 is 10.9 Å². The summed E-state index contributed by atoms with van der Waals surface area (Å²) >= 11 is 0. The van der Waals surface area contributed by atoms with Crippen LogP contribution in [0, 0.1) is 0 Å². The second-order valence-electron chi connectivity index (χ2n) is 4.87. The van der Waals surface area contributed by atoms with Crippen molar-refractivity contribution in [1.82, 2.24) is 14.8 Å². The molecular weight excluding hydrogens is 295 g/mol. The van der Waals surface area contributed by atoms with E-state index in [4.69, 9.17) is 5.11 Å². The summed E-state index contributed by atoms with van der Waals surface area (Å²) in [6.45, 7) is 0.136. The number of hydrogen-bond acceptors (Lipinski definition) is 3. The number of halogens is 3. The van der Waals surface area contributed by atoms with E-state index >= 15 is 0 Å². The van der Waals surface area contributed by atoms with E-state index in [1.807, 2.05) is 0 Å². The molecule has 2 aromatic heterocycles. The fraction of sp³-hybridized carbons (Fsp3) is 0.200. The molecule has 0 aliphatic rings. The summed E-state index contributed by atoms with van der Waals surface area (Å²) in [5.74, 6) is 0. The van der Waals surface area contributed by atoms with Gasteiger partial charge in [0.05, 0.1) is 24.1 Å². The second-order valence-corrected chi connectivity index (χ2v) is 4.87. The van der Waals surface area contributed by atoms with Gasteiger partial charge in [0.1, 0.15) is 0 Å². The molecule has 22 heavy (non-hydrogen) atoms. The number of aliphatic hydroxyl groups excluding tert-OH is 1. The summed E-state index contributed by atoms with van der Waals surface area (Å²) in [4.78, 5) is 3.75. The first kappa shape index (κ1) is 14.5. The summed E-state index contributed by atoms with van der Waals surface area (Å²) in [5.41, 5.74) is 0.998. The predicted molar refractivity (Wildman–Crippen MR) is 74.0 cm³/mol. The zero-order chi connectivity index (χ0) is 15.7. The maximum absolute atomic E-state index is 13.0. The zero-order valence-corrected chi connectivity index (χ0v) is 11.4. The third-order valence-electron chi connectivity index (χ3n) is 3.36. The Morgan fingerprint density at radius 3 is 2.36 bits per heavy atom. The quantitative estimate of drug-likeness (QED) is 0.809. The molecule has 0 atom stereocenters. The Kier molecular flexibility index (Phi) is 3.58. The van der Waals surface area contributed by atoms with Gasteiger partial charge in [0.25, 0.3) is 0 Å². The molecule has 2 heterocycles. The molecular formula is C15H12F3N3O. The standard InChI is InChI=1S/C15H12F3N3O/c16-15(17,18)14-12-7-19-6-5-13(12)21(20-14)8-10-1-3-11(9-22)4-2-10/h1-7,22H,8-9H2. The molecule has 0 spiro atoms. The summed E-state index contributed by atoms with van der Waals surface area (Å²) < 4.78 is 40.4. The monoisotopic (exact) mass is 307 g/mol. The van der Waals surface area contributed by atoms with Crippen LogP contribution in [0.25, 0.3) is 10.9 Å². The predicted octanol–water partition coefficient (Wildman–Crippen LogP) is 2.99. The van der Waals surface area contributed by atoms with Gasteiger partial charge < -0.3 is 5.11 Å². The van der Waals surface area contributed by atoms with Gasteiger partial charge in [-0.15, -0.1) is 0 Å². The highest BCUT2D eigenvalue weighted by molar-refractivity contribution is 5.81. The minimum atomic E-state index is -4.52. The van der Waals surface area contributed by atoms with Gasteiger partial charge in [0, 0.05) is 12.4 Å². The van der Waals surface area contributed by atoms with Crippen LogP contribution in [0.4, 0.5) is 13.2 Å². The lowest BCUT2D eigenvalue weighted by molar-refractivity contribution is -0.140. The lowest BCUT2D eigenvalue weighted by Gasteiger charge is -2.05. The van der Waals surface area contributed by atoms with Gasteiger partial charge in [-0.25, -0.2) is 0 Å². The van der Waals surface area contributed by atoms with Crippen LogP contribution in [-0.2, 0) is 19.3 Å². The molecule has 0 bridgehead atoms. The van der Waals surface area contributed by atoms with Crippen LogP contribution in [-0.4, -0.2) is 19.9 Å². The molecule has 0 amide bonds. The molecule has 114 valence electrons. The summed E-state index contributed by atoms with van der Waals surface area (Å²) in [5, 5.41) is 12.7. The first-order valence-electron chi connectivity index (χ1n) is 6.55. The van der Waals surface area contributed by atoms with E-state index in [1.54, 1.807) is 24.3 Å². The normalized spacial score (nSPS) is 12.0. The van der Waals surface area contributed by atoms with E-state index < -0.39 is 11.9 Å². The van der Waals surface area contributed by atoms with Crippen molar-refractivity contribution in [3.8, 4) is 0 Å². The molecule has 0 aliphatic carbocycles. The SMILES string of the molecule is OCc1ccc(Cn2nc(C(F)(F)F)c3cnccc32)cc1. The number of alkyl halides is 3. The van der Waals surface area contributed by atoms with Crippen LogP contribution < -0.4 is 0 Å². The zero-order valence-electron chi connectivity index (χ0n) is 11.4. The molecule has 0 saturated carbocycles. The van der Waals surface area contributed by atoms with Crippen molar-refractivity contribution in [3.05, 3.63) is 59.5 Å². The molecule has 3 aromatic rings. The molecule has 3 rings (SSSR count). The van der Waals surface area contributed by atoms with Gasteiger partial charge in [-0.1, -0.05) is 24.3 Å². The van der Waals surface area contributed by atoms with Crippen LogP contribution in [0.5, 0.6) is 0 Å². The van der Waals surface area contributed by atoms with E-state index in [1.165, 1.54) is 23.1 Å². The van der Waals surface area contributed by atoms with Crippen molar-refractivity contribution in [1.29, 1.82) is 0 Å². The van der Waals surface area contributed by atoms with Crippen molar-refractivity contribution < 1.29 is 18.3 Å². The molecule has 0 aliphatic heterocycles. The Labute approximate surface area is 123 Å². The average molecular weight is 307 g/mol. The Bertz CT molecular complexity index is 794. The summed E-state index contributed by atoms with van der Waals surface area (Å²) in [6.07, 6.45) is -1.90. The third-order valence-corrected chi connectivity index (χ3v) is 3.36. The number of benzene rings is 1. The first-order chi connectivity index (χ1) is 10.5. The van der Waals surface area contributed by atoms with Gasteiger partial charge >= 0.3 is 6.18 Å². The van der Waals surface area contributed by atoms with Gasteiger partial charge in [-0.3, -0.25) is 9.67 Å². The van der Waals surface area contributed by atoms with Crippen LogP contribution in [0.15, 0.2) is 42.7 Å². The molecule has 4 nitrogen and oxygen atoms in total. The number of aliphatic hydroxyl groups is 1. The highest BCUT2D eigenvalue weighted by Gasteiger charge is 2.36. The van der Waals surface area contributed by atoms with Crippen molar-refractivity contribution in [2.75, 3.05) is 0 Å². The second kappa shape index (κ2) is 5.42. The van der Waals surface area contributed by atoms with E-state index in [-0.39, 0.29) is 18.5 Å². The lowest BCUT2D eigenvalue weighted by Crippen LogP contribution is -2.09. The van der Waals surface area contributed by atoms with Crippen LogP contribution in [0.2, 0.25) is 0 Å². The largest absolute Gasteiger partial charge is 0.435 e. The smallest absolute Gasteiger partial charge is 0.392 e. The molecule has 0 radical (unpaired) electrons. The first-order valence-corrected chi connectivity index (χ1v) is 6.55. The summed E-state index contributed by atoms with van der Waals surface area (Å²) in [6, 6.07) is 8.49. The number of nitrogens with zero attached hydrogens (tertiary/aromatic N) is 3. The number of aromatic nitrogens is 3. The molecule has 0 unspecified atom stereocenters. The minimum Gasteiger partial charge on any atom is -0.392 e. The van der Waals surface area contributed by atoms with E-state index in [0.29, 0.717) is 5.52 Å². The van der Waals surface area contributed by atoms with Gasteiger partial charge in [0.15, 0.2) is 5.69 Å². The molecule has 1 N–H and O–H groups in total. The van der Waals surface area contributed by atoms with Gasteiger partial charge in [-0.2, -0.15) is 18.3 Å². The highest BCUT2D eigenvalue weighted by atomic mass is 19.4. The third kappa shape index (κ3) is 2.67. The maximum atomic E-state index is 13.0. The highest BCUT2D eigenvalue weighted by Crippen LogP contribution is 2.33. The van der Waals surface area contributed by atoms with Gasteiger partial charge in [0.2, 0.25) is 0 Å². The minimum absolute atomic E-state index is 0.0121. The lowest BCUT2D eigenvalue weighted by atomic mass is 10.1. The van der Waals surface area contributed by atoms with E-state index in [2.05, 4.69) is 10.1 Å². The topological polar surface area (TPSA) is 50.9 Å². The van der Waals surface area contributed by atoms with Crippen molar-refractivity contribution in [3.63, 3.8) is 0 Å². The van der Waals surface area contributed by atoms with Crippen molar-refractivity contribution in [2.24, 2.45) is 0 Å². The fourth-order valence-electron chi connectivity index (χ4n) is 2.28. The van der Waals surface area contributed by atoms with E-state index in [0.717, 1.165) is 11.1 Å². The fourth-order valence-corrected chi connectivity index (χ4v) is 2.28. The Morgan fingerprint density at radius 1 is 1.05 bits per heavy atom. The van der Waals surface area contributed by atoms with Crippen LogP contribution >= 0.6 is 0 Å². The number of rotatable bonds is 3. The van der Waals surface area contributed by atoms with Crippen molar-refractivity contribution in [2.45, 2.75) is 19.3 Å². The van der Waals surface area contributed by atoms with Crippen LogP contribution in [0.1, 0.15) is 16.8 Å². The maximum Gasteiger partial charge on any atom is 0.435 e. The van der Waals surface area contributed by atoms with Crippen LogP contribution in [0.3, 0.4) is 0 Å². The Morgan fingerprint density at radius 2 is 1.73 bits per heavy atom. The van der Waals surface area contributed by atoms with Gasteiger partial charge in [-0.05, 0) is 17.2 Å². The Balaban J connectivity index is 2.03. The molecule has 0 fully saturated rings. The average Bonchev–Trinajstić information content (AvgIpc) is 2.87. The van der Waals surface area contributed by atoms with E-state index in [9.17, 15) is 13.2 Å². The Hall–Kier alpha value is -2.41. The number of hydrogen-bond donors (Lipinski definition) is 1. The summed E-state index contributed by atoms with van der Waals surface area (Å²) in [7, 11) is 0. The molecule has 7 heteroatoms. The molecule has 1 aromatic carbocycles. The number of pyridine rings is 1. The molecule has 0 saturated heterocycles.